The first kappa shape index (κ1) is 14.1. The van der Waals surface area contributed by atoms with Crippen molar-refractivity contribution in [3.8, 4) is 12.4 Å². The summed E-state index contributed by atoms with van der Waals surface area (Å²) in [6.07, 6.45) is 3.48. The third-order valence-corrected chi connectivity index (χ3v) is 2.28. The second kappa shape index (κ2) is 8.16. The predicted molar refractivity (Wildman–Crippen MR) is 76.1 cm³/mol. The SMILES string of the molecule is CNc1ccccc1.N#CN(C#N)c1ccccc1. The number of para-hydroxylation sites is 2. The molecule has 2 rings (SSSR count). The number of nitrogens with zero attached hydrogens (tertiary/aromatic N) is 3. The van der Waals surface area contributed by atoms with E-state index in [9.17, 15) is 0 Å². The van der Waals surface area contributed by atoms with Gasteiger partial charge in [-0.25, -0.2) is 0 Å². The van der Waals surface area contributed by atoms with Crippen molar-refractivity contribution in [1.82, 2.24) is 0 Å². The Hall–Kier alpha value is -2.98. The van der Waals surface area contributed by atoms with Crippen molar-refractivity contribution in [2.45, 2.75) is 0 Å². The van der Waals surface area contributed by atoms with Crippen LogP contribution in [0.5, 0.6) is 0 Å². The van der Waals surface area contributed by atoms with Crippen LogP contribution < -0.4 is 10.2 Å². The molecule has 2 aromatic rings. The molecule has 4 heteroatoms. The van der Waals surface area contributed by atoms with Gasteiger partial charge in [-0.15, -0.1) is 0 Å². The molecule has 0 aromatic heterocycles. The van der Waals surface area contributed by atoms with E-state index in [0.717, 1.165) is 10.6 Å². The van der Waals surface area contributed by atoms with Gasteiger partial charge in [-0.1, -0.05) is 36.4 Å². The second-order valence-electron chi connectivity index (χ2n) is 3.49. The smallest absolute Gasteiger partial charge is 0.198 e. The van der Waals surface area contributed by atoms with E-state index in [1.54, 1.807) is 36.7 Å². The van der Waals surface area contributed by atoms with Gasteiger partial charge in [0.1, 0.15) is 0 Å². The number of hydrogen-bond donors (Lipinski definition) is 1. The lowest BCUT2D eigenvalue weighted by molar-refractivity contribution is 1.26. The van der Waals surface area contributed by atoms with Crippen LogP contribution in [0, 0.1) is 22.9 Å². The van der Waals surface area contributed by atoms with E-state index in [4.69, 9.17) is 10.5 Å². The van der Waals surface area contributed by atoms with Gasteiger partial charge in [-0.05, 0) is 24.3 Å². The van der Waals surface area contributed by atoms with Crippen molar-refractivity contribution in [2.75, 3.05) is 17.3 Å². The van der Waals surface area contributed by atoms with Gasteiger partial charge in [0, 0.05) is 12.7 Å². The van der Waals surface area contributed by atoms with Crippen LogP contribution in [0.1, 0.15) is 0 Å². The van der Waals surface area contributed by atoms with Crippen LogP contribution in [-0.2, 0) is 0 Å². The summed E-state index contributed by atoms with van der Waals surface area (Å²) in [6.45, 7) is 0. The Balaban J connectivity index is 0.000000200. The number of nitriles is 2. The first-order valence-corrected chi connectivity index (χ1v) is 5.69. The molecule has 0 radical (unpaired) electrons. The molecular weight excluding hydrogens is 236 g/mol. The number of hydrogen-bond acceptors (Lipinski definition) is 4. The Kier molecular flexibility index (Phi) is 6.05. The Morgan fingerprint density at radius 3 is 1.68 bits per heavy atom. The molecule has 0 aliphatic carbocycles. The van der Waals surface area contributed by atoms with Crippen LogP contribution in [0.25, 0.3) is 0 Å². The van der Waals surface area contributed by atoms with Crippen LogP contribution in [0.4, 0.5) is 11.4 Å². The number of benzene rings is 2. The van der Waals surface area contributed by atoms with Crippen molar-refractivity contribution in [3.63, 3.8) is 0 Å². The van der Waals surface area contributed by atoms with Crippen molar-refractivity contribution >= 4 is 11.4 Å². The quantitative estimate of drug-likeness (QED) is 0.656. The highest BCUT2D eigenvalue weighted by Crippen LogP contribution is 2.09. The van der Waals surface area contributed by atoms with Gasteiger partial charge in [-0.2, -0.15) is 15.4 Å². The van der Waals surface area contributed by atoms with Crippen LogP contribution in [0.3, 0.4) is 0 Å². The third kappa shape index (κ3) is 4.80. The van der Waals surface area contributed by atoms with Crippen LogP contribution in [0.2, 0.25) is 0 Å². The van der Waals surface area contributed by atoms with Crippen molar-refractivity contribution in [3.05, 3.63) is 60.7 Å². The summed E-state index contributed by atoms with van der Waals surface area (Å²) in [4.78, 5) is 0.944. The van der Waals surface area contributed by atoms with Crippen LogP contribution in [-0.4, -0.2) is 7.05 Å². The predicted octanol–water partition coefficient (Wildman–Crippen LogP) is 3.18. The topological polar surface area (TPSA) is 62.9 Å². The maximum absolute atomic E-state index is 8.43. The molecule has 0 bridgehead atoms. The largest absolute Gasteiger partial charge is 0.388 e. The lowest BCUT2D eigenvalue weighted by Crippen LogP contribution is -2.06. The molecule has 0 aliphatic rings. The molecular formula is C15H14N4. The Morgan fingerprint density at radius 1 is 0.842 bits per heavy atom. The van der Waals surface area contributed by atoms with Gasteiger partial charge in [0.05, 0.1) is 5.69 Å². The number of anilines is 2. The second-order valence-corrected chi connectivity index (χ2v) is 3.49. The standard InChI is InChI=1S/C8H5N3.C7H9N/c9-6-11(7-10)8-4-2-1-3-5-8;1-8-7-5-3-2-4-6-7/h1-5H;2-6,8H,1H3. The summed E-state index contributed by atoms with van der Waals surface area (Å²) >= 11 is 0. The van der Waals surface area contributed by atoms with E-state index in [0.29, 0.717) is 5.69 Å². The molecule has 1 N–H and O–H groups in total. The van der Waals surface area contributed by atoms with E-state index in [1.807, 2.05) is 43.4 Å². The molecule has 0 saturated heterocycles. The van der Waals surface area contributed by atoms with E-state index >= 15 is 0 Å². The van der Waals surface area contributed by atoms with Crippen molar-refractivity contribution in [1.29, 1.82) is 10.5 Å². The zero-order valence-electron chi connectivity index (χ0n) is 10.6. The fraction of sp³-hybridized carbons (Fsp3) is 0.0667. The molecule has 0 spiro atoms. The first-order chi connectivity index (χ1) is 9.31. The maximum Gasteiger partial charge on any atom is 0.198 e. The molecule has 0 amide bonds. The molecule has 0 fully saturated rings. The Morgan fingerprint density at radius 2 is 1.32 bits per heavy atom. The maximum atomic E-state index is 8.43. The molecule has 0 aliphatic heterocycles. The summed E-state index contributed by atoms with van der Waals surface area (Å²) in [5, 5.41) is 19.9. The van der Waals surface area contributed by atoms with Gasteiger partial charge >= 0.3 is 0 Å². The fourth-order valence-corrected chi connectivity index (χ4v) is 1.32. The Bertz CT molecular complexity index is 538. The average molecular weight is 250 g/mol. The van der Waals surface area contributed by atoms with E-state index < -0.39 is 0 Å². The summed E-state index contributed by atoms with van der Waals surface area (Å²) in [7, 11) is 1.91. The van der Waals surface area contributed by atoms with Gasteiger partial charge in [0.25, 0.3) is 0 Å². The number of nitrogens with one attached hydrogen (secondary N) is 1. The lowest BCUT2D eigenvalue weighted by atomic mass is 10.3. The number of rotatable bonds is 2. The monoisotopic (exact) mass is 250 g/mol. The van der Waals surface area contributed by atoms with E-state index in [1.165, 1.54) is 0 Å². The summed E-state index contributed by atoms with van der Waals surface area (Å²) in [6, 6.07) is 18.8. The van der Waals surface area contributed by atoms with E-state index in [-0.39, 0.29) is 0 Å². The highest BCUT2D eigenvalue weighted by Gasteiger charge is 1.99. The summed E-state index contributed by atoms with van der Waals surface area (Å²) in [5.41, 5.74) is 1.75. The van der Waals surface area contributed by atoms with E-state index in [2.05, 4.69) is 5.32 Å². The molecule has 2 aromatic carbocycles. The molecule has 19 heavy (non-hydrogen) atoms. The van der Waals surface area contributed by atoms with Gasteiger partial charge in [0.15, 0.2) is 12.4 Å². The average Bonchev–Trinajstić information content (AvgIpc) is 2.51. The lowest BCUT2D eigenvalue weighted by Gasteiger charge is -2.02. The normalized spacial score (nSPS) is 8.16. The molecule has 4 nitrogen and oxygen atoms in total. The van der Waals surface area contributed by atoms with Gasteiger partial charge in [-0.3, -0.25) is 0 Å². The first-order valence-electron chi connectivity index (χ1n) is 5.69. The summed E-state index contributed by atoms with van der Waals surface area (Å²) in [5.74, 6) is 0. The molecule has 0 heterocycles. The zero-order chi connectivity index (χ0) is 13.9. The molecule has 0 atom stereocenters. The summed E-state index contributed by atoms with van der Waals surface area (Å²) < 4.78 is 0. The van der Waals surface area contributed by atoms with Crippen LogP contribution >= 0.6 is 0 Å². The minimum atomic E-state index is 0.595. The Labute approximate surface area is 113 Å². The molecule has 0 unspecified atom stereocenters. The zero-order valence-corrected chi connectivity index (χ0v) is 10.6. The van der Waals surface area contributed by atoms with Gasteiger partial charge in [0.2, 0.25) is 0 Å². The molecule has 94 valence electrons. The van der Waals surface area contributed by atoms with Crippen molar-refractivity contribution in [2.24, 2.45) is 0 Å². The minimum Gasteiger partial charge on any atom is -0.388 e. The molecule has 0 saturated carbocycles. The van der Waals surface area contributed by atoms with Gasteiger partial charge < -0.3 is 5.32 Å². The highest BCUT2D eigenvalue weighted by molar-refractivity contribution is 5.53. The van der Waals surface area contributed by atoms with Crippen molar-refractivity contribution < 1.29 is 0 Å². The highest BCUT2D eigenvalue weighted by atomic mass is 15.1. The minimum absolute atomic E-state index is 0.595. The fourth-order valence-electron chi connectivity index (χ4n) is 1.32. The third-order valence-electron chi connectivity index (χ3n) is 2.28. The van der Waals surface area contributed by atoms with Crippen LogP contribution in [0.15, 0.2) is 60.7 Å².